The lowest BCUT2D eigenvalue weighted by Gasteiger charge is -2.08. The van der Waals surface area contributed by atoms with Crippen molar-refractivity contribution in [1.29, 1.82) is 0 Å². The molecule has 1 aliphatic rings. The average molecular weight is 217 g/mol. The molecule has 1 atom stereocenters. The summed E-state index contributed by atoms with van der Waals surface area (Å²) < 4.78 is 0. The summed E-state index contributed by atoms with van der Waals surface area (Å²) in [5.41, 5.74) is 3.98. The maximum absolute atomic E-state index is 5.11. The number of rotatable bonds is 3. The van der Waals surface area contributed by atoms with Crippen LogP contribution in [-0.2, 0) is 4.84 Å². The largest absolute Gasteiger partial charge is 0.396 e. The van der Waals surface area contributed by atoms with Gasteiger partial charge in [-0.3, -0.25) is 0 Å². The molecule has 2 nitrogen and oxygen atoms in total. The van der Waals surface area contributed by atoms with Gasteiger partial charge in [-0.2, -0.15) is 0 Å². The highest BCUT2D eigenvalue weighted by atomic mass is 16.6. The Balaban J connectivity index is 2.00. The third kappa shape index (κ3) is 2.63. The van der Waals surface area contributed by atoms with Gasteiger partial charge >= 0.3 is 0 Å². The number of nitrogens with zero attached hydrogens (tertiary/aromatic N) is 1. The van der Waals surface area contributed by atoms with Gasteiger partial charge in [0.05, 0.1) is 5.71 Å². The van der Waals surface area contributed by atoms with E-state index >= 15 is 0 Å². The van der Waals surface area contributed by atoms with Crippen molar-refractivity contribution in [3.63, 3.8) is 0 Å². The first kappa shape index (κ1) is 11.2. The standard InChI is InChI=1S/C14H19NO/c1-3-16-15-14-9-8-13(10-14)12-6-4-11(2)5-7-12/h4-7,13H,3,8-10H2,1-2H3. The van der Waals surface area contributed by atoms with Crippen LogP contribution in [0.3, 0.4) is 0 Å². The molecule has 1 unspecified atom stereocenters. The average Bonchev–Trinajstić information content (AvgIpc) is 2.76. The van der Waals surface area contributed by atoms with Gasteiger partial charge in [0.1, 0.15) is 6.61 Å². The lowest BCUT2D eigenvalue weighted by atomic mass is 9.97. The summed E-state index contributed by atoms with van der Waals surface area (Å²) in [5.74, 6) is 0.639. The Morgan fingerprint density at radius 2 is 2.06 bits per heavy atom. The number of hydrogen-bond donors (Lipinski definition) is 0. The van der Waals surface area contributed by atoms with E-state index in [-0.39, 0.29) is 0 Å². The Morgan fingerprint density at radius 3 is 2.75 bits per heavy atom. The minimum Gasteiger partial charge on any atom is -0.396 e. The second-order valence-corrected chi connectivity index (χ2v) is 4.43. The minimum absolute atomic E-state index is 0.639. The lowest BCUT2D eigenvalue weighted by molar-refractivity contribution is 0.158. The molecule has 0 radical (unpaired) electrons. The molecule has 1 aromatic rings. The molecule has 0 N–H and O–H groups in total. The van der Waals surface area contributed by atoms with E-state index in [1.165, 1.54) is 23.3 Å². The molecule has 1 aromatic carbocycles. The van der Waals surface area contributed by atoms with Crippen LogP contribution in [0.15, 0.2) is 29.4 Å². The van der Waals surface area contributed by atoms with Crippen molar-refractivity contribution in [1.82, 2.24) is 0 Å². The van der Waals surface area contributed by atoms with Gasteiger partial charge in [0.2, 0.25) is 0 Å². The van der Waals surface area contributed by atoms with E-state index in [1.807, 2.05) is 6.92 Å². The van der Waals surface area contributed by atoms with Gasteiger partial charge in [-0.05, 0) is 44.6 Å². The number of hydrogen-bond acceptors (Lipinski definition) is 2. The topological polar surface area (TPSA) is 21.6 Å². The summed E-state index contributed by atoms with van der Waals surface area (Å²) in [6.07, 6.45) is 3.34. The molecule has 0 spiro atoms. The van der Waals surface area contributed by atoms with Gasteiger partial charge in [0.15, 0.2) is 0 Å². The maximum Gasteiger partial charge on any atom is 0.114 e. The maximum atomic E-state index is 5.11. The summed E-state index contributed by atoms with van der Waals surface area (Å²) in [4.78, 5) is 5.11. The molecule has 0 aliphatic heterocycles. The SMILES string of the molecule is CCON=C1CCC(c2ccc(C)cc2)C1. The van der Waals surface area contributed by atoms with Crippen LogP contribution < -0.4 is 0 Å². The molecule has 1 fully saturated rings. The van der Waals surface area contributed by atoms with E-state index in [0.29, 0.717) is 12.5 Å². The zero-order valence-electron chi connectivity index (χ0n) is 10.1. The van der Waals surface area contributed by atoms with Gasteiger partial charge in [-0.1, -0.05) is 35.0 Å². The van der Waals surface area contributed by atoms with E-state index < -0.39 is 0 Å². The van der Waals surface area contributed by atoms with Crippen molar-refractivity contribution < 1.29 is 4.84 Å². The van der Waals surface area contributed by atoms with Gasteiger partial charge < -0.3 is 4.84 Å². The highest BCUT2D eigenvalue weighted by Gasteiger charge is 2.22. The normalized spacial score (nSPS) is 22.6. The molecule has 86 valence electrons. The van der Waals surface area contributed by atoms with Crippen LogP contribution in [0, 0.1) is 6.92 Å². The summed E-state index contributed by atoms with van der Waals surface area (Å²) in [6.45, 7) is 4.76. The first-order chi connectivity index (χ1) is 7.79. The fourth-order valence-electron chi connectivity index (χ4n) is 2.19. The van der Waals surface area contributed by atoms with E-state index in [2.05, 4.69) is 36.3 Å². The summed E-state index contributed by atoms with van der Waals surface area (Å²) in [7, 11) is 0. The molecule has 0 aromatic heterocycles. The molecular weight excluding hydrogens is 198 g/mol. The van der Waals surface area contributed by atoms with E-state index in [1.54, 1.807) is 0 Å². The molecule has 0 heterocycles. The molecule has 1 aliphatic carbocycles. The van der Waals surface area contributed by atoms with Crippen LogP contribution in [0.25, 0.3) is 0 Å². The Labute approximate surface area is 97.3 Å². The van der Waals surface area contributed by atoms with Crippen molar-refractivity contribution in [2.45, 2.75) is 39.0 Å². The first-order valence-corrected chi connectivity index (χ1v) is 6.04. The third-order valence-corrected chi connectivity index (χ3v) is 3.13. The van der Waals surface area contributed by atoms with Crippen molar-refractivity contribution in [2.75, 3.05) is 6.61 Å². The van der Waals surface area contributed by atoms with Crippen molar-refractivity contribution in [3.05, 3.63) is 35.4 Å². The Morgan fingerprint density at radius 1 is 1.31 bits per heavy atom. The Hall–Kier alpha value is -1.31. The zero-order valence-corrected chi connectivity index (χ0v) is 10.1. The highest BCUT2D eigenvalue weighted by molar-refractivity contribution is 5.86. The smallest absolute Gasteiger partial charge is 0.114 e. The number of benzene rings is 1. The van der Waals surface area contributed by atoms with Crippen LogP contribution >= 0.6 is 0 Å². The Kier molecular flexibility index (Phi) is 3.60. The molecule has 1 saturated carbocycles. The van der Waals surface area contributed by atoms with Gasteiger partial charge in [-0.15, -0.1) is 0 Å². The van der Waals surface area contributed by atoms with Crippen LogP contribution in [-0.4, -0.2) is 12.3 Å². The Bertz CT molecular complexity index is 367. The second-order valence-electron chi connectivity index (χ2n) is 4.43. The van der Waals surface area contributed by atoms with E-state index in [4.69, 9.17) is 4.84 Å². The molecular formula is C14H19NO. The van der Waals surface area contributed by atoms with Gasteiger partial charge in [-0.25, -0.2) is 0 Å². The zero-order chi connectivity index (χ0) is 11.4. The molecule has 0 bridgehead atoms. The number of aryl methyl sites for hydroxylation is 1. The monoisotopic (exact) mass is 217 g/mol. The minimum atomic E-state index is 0.639. The van der Waals surface area contributed by atoms with Gasteiger partial charge in [0, 0.05) is 0 Å². The lowest BCUT2D eigenvalue weighted by Crippen LogP contribution is -1.95. The fraction of sp³-hybridized carbons (Fsp3) is 0.500. The fourth-order valence-corrected chi connectivity index (χ4v) is 2.19. The predicted molar refractivity (Wildman–Crippen MR) is 66.8 cm³/mol. The molecule has 0 amide bonds. The van der Waals surface area contributed by atoms with Crippen molar-refractivity contribution in [2.24, 2.45) is 5.16 Å². The first-order valence-electron chi connectivity index (χ1n) is 6.04. The van der Waals surface area contributed by atoms with Crippen LogP contribution in [0.1, 0.15) is 43.2 Å². The van der Waals surface area contributed by atoms with Gasteiger partial charge in [0.25, 0.3) is 0 Å². The summed E-state index contributed by atoms with van der Waals surface area (Å²) >= 11 is 0. The third-order valence-electron chi connectivity index (χ3n) is 3.13. The van der Waals surface area contributed by atoms with Crippen LogP contribution in [0.2, 0.25) is 0 Å². The van der Waals surface area contributed by atoms with E-state index in [0.717, 1.165) is 12.8 Å². The quantitative estimate of drug-likeness (QED) is 0.708. The summed E-state index contributed by atoms with van der Waals surface area (Å²) in [6, 6.07) is 8.85. The predicted octanol–water partition coefficient (Wildman–Crippen LogP) is 3.66. The molecule has 0 saturated heterocycles. The van der Waals surface area contributed by atoms with Crippen LogP contribution in [0.4, 0.5) is 0 Å². The highest BCUT2D eigenvalue weighted by Crippen LogP contribution is 2.32. The van der Waals surface area contributed by atoms with E-state index in [9.17, 15) is 0 Å². The van der Waals surface area contributed by atoms with Crippen molar-refractivity contribution >= 4 is 5.71 Å². The van der Waals surface area contributed by atoms with Crippen LogP contribution in [0.5, 0.6) is 0 Å². The van der Waals surface area contributed by atoms with Crippen molar-refractivity contribution in [3.8, 4) is 0 Å². The second kappa shape index (κ2) is 5.15. The molecule has 2 heteroatoms. The molecule has 16 heavy (non-hydrogen) atoms. The number of oxime groups is 1. The summed E-state index contributed by atoms with van der Waals surface area (Å²) in [5, 5.41) is 4.15. The molecule has 2 rings (SSSR count).